The van der Waals surface area contributed by atoms with E-state index < -0.39 is 5.97 Å². The molecule has 0 unspecified atom stereocenters. The van der Waals surface area contributed by atoms with Gasteiger partial charge in [0.1, 0.15) is 0 Å². The van der Waals surface area contributed by atoms with E-state index >= 15 is 0 Å². The van der Waals surface area contributed by atoms with E-state index in [1.807, 2.05) is 0 Å². The number of carbonyl (C=O) groups is 2. The van der Waals surface area contributed by atoms with Gasteiger partial charge in [-0.3, -0.25) is 4.79 Å². The number of nitrogens with one attached hydrogen (secondary N) is 1. The van der Waals surface area contributed by atoms with Crippen molar-refractivity contribution in [2.45, 2.75) is 6.92 Å². The molecular formula is C18H12Cl2N2O3. The molecule has 0 saturated carbocycles. The molecular weight excluding hydrogens is 363 g/mol. The Labute approximate surface area is 153 Å². The number of carbonyl (C=O) groups excluding carboxylic acids is 2. The molecule has 25 heavy (non-hydrogen) atoms. The molecule has 1 amide bonds. The number of hydrogen-bond donors (Lipinski definition) is 1. The molecule has 0 bridgehead atoms. The molecule has 0 aromatic heterocycles. The van der Waals surface area contributed by atoms with Gasteiger partial charge < -0.3 is 10.1 Å². The van der Waals surface area contributed by atoms with Crippen LogP contribution in [0, 0.1) is 0 Å². The Kier molecular flexibility index (Phi) is 4.88. The van der Waals surface area contributed by atoms with E-state index in [4.69, 9.17) is 27.9 Å². The zero-order valence-corrected chi connectivity index (χ0v) is 14.6. The molecule has 0 spiro atoms. The van der Waals surface area contributed by atoms with Crippen LogP contribution in [-0.4, -0.2) is 17.8 Å². The molecule has 5 nitrogen and oxygen atoms in total. The standard InChI is InChI=1S/C18H12Cl2N2O3/c1-10(23)21-13-5-3-12(4-6-13)17-22-16(18(24)25-17)9-11-2-7-14(19)15(20)8-11/h2-9H,1H3,(H,21,23)/b16-9+. The average Bonchev–Trinajstić information content (AvgIpc) is 2.92. The molecule has 1 aliphatic heterocycles. The van der Waals surface area contributed by atoms with E-state index in [0.717, 1.165) is 0 Å². The van der Waals surface area contributed by atoms with Gasteiger partial charge in [-0.25, -0.2) is 9.79 Å². The van der Waals surface area contributed by atoms with E-state index in [9.17, 15) is 9.59 Å². The Balaban J connectivity index is 1.85. The summed E-state index contributed by atoms with van der Waals surface area (Å²) in [6, 6.07) is 11.8. The van der Waals surface area contributed by atoms with Crippen LogP contribution < -0.4 is 5.32 Å². The van der Waals surface area contributed by atoms with Gasteiger partial charge in [0.05, 0.1) is 10.0 Å². The minimum absolute atomic E-state index is 0.163. The second-order valence-corrected chi connectivity index (χ2v) is 6.08. The van der Waals surface area contributed by atoms with Gasteiger partial charge in [-0.2, -0.15) is 0 Å². The molecule has 0 saturated heterocycles. The first-order valence-corrected chi connectivity index (χ1v) is 8.03. The quantitative estimate of drug-likeness (QED) is 0.643. The Bertz CT molecular complexity index is 918. The average molecular weight is 375 g/mol. The summed E-state index contributed by atoms with van der Waals surface area (Å²) in [4.78, 5) is 27.3. The predicted molar refractivity (Wildman–Crippen MR) is 97.8 cm³/mol. The van der Waals surface area contributed by atoms with Crippen LogP contribution in [0.1, 0.15) is 18.1 Å². The van der Waals surface area contributed by atoms with Crippen LogP contribution in [-0.2, 0) is 14.3 Å². The van der Waals surface area contributed by atoms with Gasteiger partial charge in [-0.15, -0.1) is 0 Å². The maximum Gasteiger partial charge on any atom is 0.363 e. The Morgan fingerprint density at radius 1 is 1.12 bits per heavy atom. The van der Waals surface area contributed by atoms with E-state index in [1.165, 1.54) is 6.92 Å². The Morgan fingerprint density at radius 2 is 1.84 bits per heavy atom. The first-order valence-electron chi connectivity index (χ1n) is 7.28. The van der Waals surface area contributed by atoms with Crippen molar-refractivity contribution >= 4 is 52.7 Å². The number of rotatable bonds is 3. The first-order chi connectivity index (χ1) is 11.9. The molecule has 126 valence electrons. The van der Waals surface area contributed by atoms with Crippen LogP contribution in [0.25, 0.3) is 6.08 Å². The summed E-state index contributed by atoms with van der Waals surface area (Å²) in [5.74, 6) is -0.512. The number of benzene rings is 2. The fourth-order valence-corrected chi connectivity index (χ4v) is 2.50. The highest BCUT2D eigenvalue weighted by atomic mass is 35.5. The number of amides is 1. The number of nitrogens with zero attached hydrogens (tertiary/aromatic N) is 1. The smallest absolute Gasteiger partial charge is 0.363 e. The molecule has 3 rings (SSSR count). The summed E-state index contributed by atoms with van der Waals surface area (Å²) < 4.78 is 5.20. The van der Waals surface area contributed by atoms with Crippen molar-refractivity contribution in [3.8, 4) is 0 Å². The van der Waals surface area contributed by atoms with Gasteiger partial charge in [0.25, 0.3) is 0 Å². The summed E-state index contributed by atoms with van der Waals surface area (Å²) in [5, 5.41) is 3.48. The van der Waals surface area contributed by atoms with Crippen LogP contribution in [0.3, 0.4) is 0 Å². The Morgan fingerprint density at radius 3 is 2.48 bits per heavy atom. The van der Waals surface area contributed by atoms with E-state index in [0.29, 0.717) is 26.9 Å². The second-order valence-electron chi connectivity index (χ2n) is 5.27. The Hall–Kier alpha value is -2.63. The maximum atomic E-state index is 12.0. The summed E-state index contributed by atoms with van der Waals surface area (Å²) in [6.45, 7) is 1.43. The summed E-state index contributed by atoms with van der Waals surface area (Å²) in [7, 11) is 0. The monoisotopic (exact) mass is 374 g/mol. The lowest BCUT2D eigenvalue weighted by molar-refractivity contribution is -0.129. The molecule has 0 radical (unpaired) electrons. The number of esters is 1. The van der Waals surface area contributed by atoms with Gasteiger partial charge in [0.15, 0.2) is 5.70 Å². The fourth-order valence-electron chi connectivity index (χ4n) is 2.19. The van der Waals surface area contributed by atoms with E-state index in [-0.39, 0.29) is 17.5 Å². The van der Waals surface area contributed by atoms with Crippen molar-refractivity contribution < 1.29 is 14.3 Å². The lowest BCUT2D eigenvalue weighted by Crippen LogP contribution is -2.07. The SMILES string of the molecule is CC(=O)Nc1ccc(C2=N/C(=C/c3ccc(Cl)c(Cl)c3)C(=O)O2)cc1. The fraction of sp³-hybridized carbons (Fsp3) is 0.0556. The van der Waals surface area contributed by atoms with Gasteiger partial charge in [-0.05, 0) is 48.0 Å². The zero-order valence-electron chi connectivity index (χ0n) is 13.0. The molecule has 7 heteroatoms. The maximum absolute atomic E-state index is 12.0. The number of cyclic esters (lactones) is 1. The van der Waals surface area contributed by atoms with Gasteiger partial charge >= 0.3 is 5.97 Å². The molecule has 1 heterocycles. The van der Waals surface area contributed by atoms with Gasteiger partial charge in [-0.1, -0.05) is 29.3 Å². The summed E-state index contributed by atoms with van der Waals surface area (Å²) in [6.07, 6.45) is 1.57. The molecule has 0 fully saturated rings. The van der Waals surface area contributed by atoms with Gasteiger partial charge in [0.2, 0.25) is 11.8 Å². The third kappa shape index (κ3) is 4.07. The first kappa shape index (κ1) is 17.2. The minimum atomic E-state index is -0.549. The van der Waals surface area contributed by atoms with Crippen molar-refractivity contribution in [1.29, 1.82) is 0 Å². The lowest BCUT2D eigenvalue weighted by atomic mass is 10.2. The molecule has 2 aromatic carbocycles. The van der Waals surface area contributed by atoms with Crippen LogP contribution in [0.15, 0.2) is 53.2 Å². The summed E-state index contributed by atoms with van der Waals surface area (Å²) in [5.41, 5.74) is 2.12. The summed E-state index contributed by atoms with van der Waals surface area (Å²) >= 11 is 11.8. The third-order valence-corrected chi connectivity index (χ3v) is 4.06. The van der Waals surface area contributed by atoms with Crippen molar-refractivity contribution in [3.63, 3.8) is 0 Å². The molecule has 0 atom stereocenters. The molecule has 2 aromatic rings. The van der Waals surface area contributed by atoms with Gasteiger partial charge in [0, 0.05) is 18.2 Å². The topological polar surface area (TPSA) is 67.8 Å². The van der Waals surface area contributed by atoms with Crippen LogP contribution in [0.5, 0.6) is 0 Å². The predicted octanol–water partition coefficient (Wildman–Crippen LogP) is 4.30. The molecule has 1 N–H and O–H groups in total. The number of hydrogen-bond acceptors (Lipinski definition) is 4. The minimum Gasteiger partial charge on any atom is -0.402 e. The largest absolute Gasteiger partial charge is 0.402 e. The molecule has 0 aliphatic carbocycles. The van der Waals surface area contributed by atoms with Crippen molar-refractivity contribution in [1.82, 2.24) is 0 Å². The normalized spacial score (nSPS) is 15.1. The zero-order chi connectivity index (χ0) is 18.0. The van der Waals surface area contributed by atoms with Crippen LogP contribution in [0.4, 0.5) is 5.69 Å². The van der Waals surface area contributed by atoms with E-state index in [1.54, 1.807) is 48.5 Å². The van der Waals surface area contributed by atoms with Crippen molar-refractivity contribution in [2.24, 2.45) is 4.99 Å². The molecule has 1 aliphatic rings. The number of ether oxygens (including phenoxy) is 1. The lowest BCUT2D eigenvalue weighted by Gasteiger charge is -2.03. The van der Waals surface area contributed by atoms with Crippen molar-refractivity contribution in [2.75, 3.05) is 5.32 Å². The number of halogens is 2. The van der Waals surface area contributed by atoms with Crippen molar-refractivity contribution in [3.05, 3.63) is 69.3 Å². The van der Waals surface area contributed by atoms with Crippen LogP contribution >= 0.6 is 23.2 Å². The second kappa shape index (κ2) is 7.09. The number of anilines is 1. The highest BCUT2D eigenvalue weighted by Crippen LogP contribution is 2.25. The highest BCUT2D eigenvalue weighted by Gasteiger charge is 2.24. The number of aliphatic imine (C=N–C) groups is 1. The van der Waals surface area contributed by atoms with E-state index in [2.05, 4.69) is 10.3 Å². The highest BCUT2D eigenvalue weighted by molar-refractivity contribution is 6.42. The van der Waals surface area contributed by atoms with Crippen LogP contribution in [0.2, 0.25) is 10.0 Å². The third-order valence-electron chi connectivity index (χ3n) is 3.32.